The van der Waals surface area contributed by atoms with Crippen molar-refractivity contribution in [2.24, 2.45) is 0 Å². The Morgan fingerprint density at radius 3 is 2.55 bits per heavy atom. The molecule has 4 rings (SSSR count). The van der Waals surface area contributed by atoms with Crippen molar-refractivity contribution in [3.05, 3.63) is 82.2 Å². The highest BCUT2D eigenvalue weighted by Crippen LogP contribution is 2.22. The summed E-state index contributed by atoms with van der Waals surface area (Å²) in [6, 6.07) is 17.8. The maximum absolute atomic E-state index is 12.7. The van der Waals surface area contributed by atoms with Crippen molar-refractivity contribution in [3.8, 4) is 5.69 Å². The van der Waals surface area contributed by atoms with Crippen LogP contribution in [0.25, 0.3) is 16.6 Å². The van der Waals surface area contributed by atoms with E-state index in [4.69, 9.17) is 0 Å². The van der Waals surface area contributed by atoms with Crippen LogP contribution in [0.2, 0.25) is 0 Å². The van der Waals surface area contributed by atoms with Crippen LogP contribution in [0.1, 0.15) is 11.4 Å². The van der Waals surface area contributed by atoms with Gasteiger partial charge in [0.15, 0.2) is 0 Å². The summed E-state index contributed by atoms with van der Waals surface area (Å²) in [4.78, 5) is 23.2. The zero-order valence-electron chi connectivity index (χ0n) is 16.0. The molecule has 8 nitrogen and oxygen atoms in total. The second-order valence-electron chi connectivity index (χ2n) is 6.84. The number of hydrogen-bond acceptors (Lipinski definition) is 4. The fraction of sp³-hybridized carbons (Fsp3) is 0.143. The SMILES string of the molecule is Cc1cc(NC(=O)Cn2c(C)cc3ccccc32)n(-c2ccc([N+](=O)[O-])cc2)n1. The van der Waals surface area contributed by atoms with Crippen molar-refractivity contribution in [2.45, 2.75) is 20.4 Å². The maximum atomic E-state index is 12.7. The van der Waals surface area contributed by atoms with Gasteiger partial charge in [0.25, 0.3) is 5.69 Å². The summed E-state index contributed by atoms with van der Waals surface area (Å²) < 4.78 is 3.53. The van der Waals surface area contributed by atoms with Crippen LogP contribution in [-0.2, 0) is 11.3 Å². The molecule has 2 heterocycles. The minimum Gasteiger partial charge on any atom is -0.335 e. The van der Waals surface area contributed by atoms with Gasteiger partial charge in [-0.3, -0.25) is 14.9 Å². The number of nitro groups is 1. The molecule has 8 heteroatoms. The van der Waals surface area contributed by atoms with Gasteiger partial charge < -0.3 is 9.88 Å². The molecule has 0 atom stereocenters. The van der Waals surface area contributed by atoms with Gasteiger partial charge >= 0.3 is 0 Å². The lowest BCUT2D eigenvalue weighted by Crippen LogP contribution is -2.21. The van der Waals surface area contributed by atoms with E-state index in [9.17, 15) is 14.9 Å². The Kier molecular flexibility index (Phi) is 4.59. The normalized spacial score (nSPS) is 11.0. The number of carbonyl (C=O) groups is 1. The highest BCUT2D eigenvalue weighted by Gasteiger charge is 2.14. The number of non-ortho nitro benzene ring substituents is 1. The van der Waals surface area contributed by atoms with Crippen LogP contribution >= 0.6 is 0 Å². The van der Waals surface area contributed by atoms with Crippen molar-refractivity contribution in [2.75, 3.05) is 5.32 Å². The van der Waals surface area contributed by atoms with E-state index >= 15 is 0 Å². The summed E-state index contributed by atoms with van der Waals surface area (Å²) in [6.07, 6.45) is 0. The molecule has 1 N–H and O–H groups in total. The molecule has 0 saturated carbocycles. The van der Waals surface area contributed by atoms with Crippen LogP contribution in [0.5, 0.6) is 0 Å². The molecule has 146 valence electrons. The topological polar surface area (TPSA) is 95.0 Å². The average molecular weight is 389 g/mol. The molecular weight excluding hydrogens is 370 g/mol. The standard InChI is InChI=1S/C21H19N5O3/c1-14-11-20(25(23-14)17-7-9-18(10-8-17)26(28)29)22-21(27)13-24-15(2)12-16-5-3-4-6-19(16)24/h3-12H,13H2,1-2H3,(H,22,27). The van der Waals surface area contributed by atoms with Crippen LogP contribution in [0, 0.1) is 24.0 Å². The van der Waals surface area contributed by atoms with E-state index < -0.39 is 4.92 Å². The molecule has 0 fully saturated rings. The fourth-order valence-corrected chi connectivity index (χ4v) is 3.39. The summed E-state index contributed by atoms with van der Waals surface area (Å²) in [7, 11) is 0. The van der Waals surface area contributed by atoms with Gasteiger partial charge in [-0.25, -0.2) is 4.68 Å². The predicted octanol–water partition coefficient (Wildman–Crippen LogP) is 3.99. The molecule has 0 bridgehead atoms. The monoisotopic (exact) mass is 389 g/mol. The van der Waals surface area contributed by atoms with Crippen LogP contribution in [0.4, 0.5) is 11.5 Å². The van der Waals surface area contributed by atoms with Gasteiger partial charge in [0, 0.05) is 29.4 Å². The third-order valence-corrected chi connectivity index (χ3v) is 4.72. The smallest absolute Gasteiger partial charge is 0.269 e. The number of carbonyl (C=O) groups excluding carboxylic acids is 1. The third kappa shape index (κ3) is 3.60. The highest BCUT2D eigenvalue weighted by molar-refractivity contribution is 5.92. The Balaban J connectivity index is 1.59. The Labute approximate surface area is 166 Å². The van der Waals surface area contributed by atoms with E-state index in [-0.39, 0.29) is 18.1 Å². The van der Waals surface area contributed by atoms with E-state index in [0.29, 0.717) is 11.5 Å². The van der Waals surface area contributed by atoms with Crippen LogP contribution in [-0.4, -0.2) is 25.2 Å². The average Bonchev–Trinajstić information content (AvgIpc) is 3.21. The summed E-state index contributed by atoms with van der Waals surface area (Å²) in [6.45, 7) is 3.96. The largest absolute Gasteiger partial charge is 0.335 e. The molecule has 0 spiro atoms. The van der Waals surface area contributed by atoms with Crippen molar-refractivity contribution in [1.29, 1.82) is 0 Å². The Hall–Kier alpha value is -3.94. The zero-order valence-corrected chi connectivity index (χ0v) is 16.0. The van der Waals surface area contributed by atoms with Gasteiger partial charge in [-0.2, -0.15) is 5.10 Å². The van der Waals surface area contributed by atoms with Gasteiger partial charge in [-0.1, -0.05) is 18.2 Å². The van der Waals surface area contributed by atoms with Crippen LogP contribution < -0.4 is 5.32 Å². The minimum atomic E-state index is -0.454. The number of aromatic nitrogens is 3. The first-order chi connectivity index (χ1) is 13.9. The molecule has 0 unspecified atom stereocenters. The summed E-state index contributed by atoms with van der Waals surface area (Å²) in [5.41, 5.74) is 3.35. The Morgan fingerprint density at radius 2 is 1.83 bits per heavy atom. The van der Waals surface area contributed by atoms with Gasteiger partial charge in [0.2, 0.25) is 5.91 Å². The lowest BCUT2D eigenvalue weighted by Gasteiger charge is -2.11. The van der Waals surface area contributed by atoms with Crippen LogP contribution in [0.15, 0.2) is 60.7 Å². The molecule has 0 saturated heterocycles. The predicted molar refractivity (Wildman–Crippen MR) is 110 cm³/mol. The molecular formula is C21H19N5O3. The number of nitrogens with zero attached hydrogens (tertiary/aromatic N) is 4. The number of aryl methyl sites for hydroxylation is 2. The first kappa shape index (κ1) is 18.4. The van der Waals surface area contributed by atoms with E-state index in [1.807, 2.05) is 48.7 Å². The number of anilines is 1. The Bertz CT molecular complexity index is 1220. The third-order valence-electron chi connectivity index (χ3n) is 4.72. The van der Waals surface area contributed by atoms with Crippen molar-refractivity contribution in [1.82, 2.24) is 14.3 Å². The van der Waals surface area contributed by atoms with Crippen molar-refractivity contribution < 1.29 is 9.72 Å². The number of fused-ring (bicyclic) bond motifs is 1. The lowest BCUT2D eigenvalue weighted by molar-refractivity contribution is -0.384. The number of para-hydroxylation sites is 1. The van der Waals surface area contributed by atoms with E-state index in [0.717, 1.165) is 22.3 Å². The summed E-state index contributed by atoms with van der Waals surface area (Å²) >= 11 is 0. The van der Waals surface area contributed by atoms with E-state index in [2.05, 4.69) is 10.4 Å². The molecule has 1 amide bonds. The minimum absolute atomic E-state index is 0.00169. The molecule has 0 aliphatic heterocycles. The van der Waals surface area contributed by atoms with E-state index in [1.54, 1.807) is 22.9 Å². The van der Waals surface area contributed by atoms with Gasteiger partial charge in [0.05, 0.1) is 16.3 Å². The van der Waals surface area contributed by atoms with Crippen molar-refractivity contribution in [3.63, 3.8) is 0 Å². The second-order valence-corrected chi connectivity index (χ2v) is 6.84. The number of benzene rings is 2. The molecule has 0 aliphatic rings. The van der Waals surface area contributed by atoms with Crippen molar-refractivity contribution >= 4 is 28.3 Å². The zero-order chi connectivity index (χ0) is 20.5. The first-order valence-electron chi connectivity index (χ1n) is 9.08. The maximum Gasteiger partial charge on any atom is 0.269 e. The van der Waals surface area contributed by atoms with Gasteiger partial charge in [-0.05, 0) is 43.5 Å². The van der Waals surface area contributed by atoms with Gasteiger partial charge in [-0.15, -0.1) is 0 Å². The lowest BCUT2D eigenvalue weighted by atomic mass is 10.2. The molecule has 4 aromatic rings. The molecule has 2 aromatic carbocycles. The highest BCUT2D eigenvalue weighted by atomic mass is 16.6. The second kappa shape index (κ2) is 7.23. The van der Waals surface area contributed by atoms with Crippen LogP contribution in [0.3, 0.4) is 0 Å². The molecule has 0 aliphatic carbocycles. The number of amides is 1. The number of nitrogens with one attached hydrogen (secondary N) is 1. The summed E-state index contributed by atoms with van der Waals surface area (Å²) in [5, 5.41) is 19.3. The Morgan fingerprint density at radius 1 is 1.10 bits per heavy atom. The quantitative estimate of drug-likeness (QED) is 0.412. The fourth-order valence-electron chi connectivity index (χ4n) is 3.39. The summed E-state index contributed by atoms with van der Waals surface area (Å²) in [5.74, 6) is 0.327. The molecule has 29 heavy (non-hydrogen) atoms. The first-order valence-corrected chi connectivity index (χ1v) is 9.08. The molecule has 2 aromatic heterocycles. The van der Waals surface area contributed by atoms with E-state index in [1.165, 1.54) is 12.1 Å². The number of hydrogen-bond donors (Lipinski definition) is 1. The van der Waals surface area contributed by atoms with Gasteiger partial charge in [0.1, 0.15) is 12.4 Å². The number of nitro benzene ring substituents is 1. The molecule has 0 radical (unpaired) electrons. The number of rotatable bonds is 5.